The first-order chi connectivity index (χ1) is 13.9. The fraction of sp³-hybridized carbons (Fsp3) is 0.522. The summed E-state index contributed by atoms with van der Waals surface area (Å²) in [5.74, 6) is 1.68. The molecule has 0 amide bonds. The standard InChI is InChI=1S/C23H26N2O4/c1-14-12-24-22(28)25(14)19-4-2-18(3-5-19)21(27)29-13-20(26)23-9-15-6-16(10-23)8-17(7-15)11-23/h2-5,12,15-17H,6-11,13H2,1H3,(H,24,28). The average Bonchev–Trinajstić information content (AvgIpc) is 3.03. The number of aromatic nitrogens is 2. The number of ether oxygens (including phenoxy) is 1. The van der Waals surface area contributed by atoms with Crippen molar-refractivity contribution in [1.82, 2.24) is 9.55 Å². The van der Waals surface area contributed by atoms with E-state index in [0.717, 1.165) is 25.0 Å². The summed E-state index contributed by atoms with van der Waals surface area (Å²) in [5, 5.41) is 0. The maximum absolute atomic E-state index is 13.0. The topological polar surface area (TPSA) is 81.2 Å². The third-order valence-corrected chi connectivity index (χ3v) is 7.29. The Labute approximate surface area is 169 Å². The van der Waals surface area contributed by atoms with Gasteiger partial charge in [0.1, 0.15) is 0 Å². The second-order valence-electron chi connectivity index (χ2n) is 9.31. The number of Topliss-reactive ketones (excluding diaryl/α,β-unsaturated/α-hetero) is 1. The quantitative estimate of drug-likeness (QED) is 0.788. The molecule has 6 nitrogen and oxygen atoms in total. The number of rotatable bonds is 5. The van der Waals surface area contributed by atoms with Crippen LogP contribution in [0, 0.1) is 30.1 Å². The first kappa shape index (κ1) is 18.4. The molecular weight excluding hydrogens is 368 g/mol. The van der Waals surface area contributed by atoms with E-state index in [1.165, 1.54) is 23.8 Å². The van der Waals surface area contributed by atoms with E-state index in [4.69, 9.17) is 4.74 Å². The molecule has 0 radical (unpaired) electrons. The first-order valence-corrected chi connectivity index (χ1v) is 10.5. The fourth-order valence-corrected chi connectivity index (χ4v) is 6.34. The fourth-order valence-electron chi connectivity index (χ4n) is 6.34. The highest BCUT2D eigenvalue weighted by molar-refractivity contribution is 5.93. The maximum Gasteiger partial charge on any atom is 0.338 e. The summed E-state index contributed by atoms with van der Waals surface area (Å²) in [4.78, 5) is 40.0. The number of nitrogens with one attached hydrogen (secondary N) is 1. The van der Waals surface area contributed by atoms with Gasteiger partial charge in [-0.15, -0.1) is 0 Å². The summed E-state index contributed by atoms with van der Waals surface area (Å²) in [6.07, 6.45) is 8.42. The van der Waals surface area contributed by atoms with Gasteiger partial charge in [-0.1, -0.05) is 0 Å². The number of carbonyl (C=O) groups is 2. The Kier molecular flexibility index (Phi) is 4.26. The Hall–Kier alpha value is -2.63. The second-order valence-corrected chi connectivity index (χ2v) is 9.31. The van der Waals surface area contributed by atoms with Crippen molar-refractivity contribution >= 4 is 11.8 Å². The minimum atomic E-state index is -0.493. The summed E-state index contributed by atoms with van der Waals surface area (Å²) < 4.78 is 6.93. The molecule has 1 N–H and O–H groups in total. The molecule has 4 fully saturated rings. The van der Waals surface area contributed by atoms with Crippen LogP contribution in [0.25, 0.3) is 5.69 Å². The van der Waals surface area contributed by atoms with E-state index in [1.54, 1.807) is 30.5 Å². The molecule has 4 bridgehead atoms. The molecule has 0 atom stereocenters. The largest absolute Gasteiger partial charge is 0.454 e. The molecule has 4 aliphatic carbocycles. The van der Waals surface area contributed by atoms with Gasteiger partial charge in [0.15, 0.2) is 12.4 Å². The molecule has 4 aliphatic rings. The lowest BCUT2D eigenvalue weighted by Gasteiger charge is -2.55. The Bertz CT molecular complexity index is 979. The third-order valence-electron chi connectivity index (χ3n) is 7.29. The SMILES string of the molecule is Cc1c[nH]c(=O)n1-c1ccc(C(=O)OCC(=O)C23CC4CC(CC(C4)C2)C3)cc1. The highest BCUT2D eigenvalue weighted by atomic mass is 16.5. The number of hydrogen-bond acceptors (Lipinski definition) is 4. The van der Waals surface area contributed by atoms with Crippen LogP contribution in [0.4, 0.5) is 0 Å². The van der Waals surface area contributed by atoms with Crippen molar-refractivity contribution in [2.45, 2.75) is 45.4 Å². The number of H-pyrrole nitrogens is 1. The van der Waals surface area contributed by atoms with Crippen LogP contribution in [-0.4, -0.2) is 27.9 Å². The molecule has 29 heavy (non-hydrogen) atoms. The highest BCUT2D eigenvalue weighted by Crippen LogP contribution is 2.60. The average molecular weight is 394 g/mol. The van der Waals surface area contributed by atoms with Crippen LogP contribution in [-0.2, 0) is 9.53 Å². The van der Waals surface area contributed by atoms with Crippen LogP contribution in [0.15, 0.2) is 35.3 Å². The molecule has 0 spiro atoms. The summed E-state index contributed by atoms with van der Waals surface area (Å²) in [6.45, 7) is 1.69. The van der Waals surface area contributed by atoms with Crippen molar-refractivity contribution in [3.63, 3.8) is 0 Å². The summed E-state index contributed by atoms with van der Waals surface area (Å²) >= 11 is 0. The number of imidazole rings is 1. The number of hydrogen-bond donors (Lipinski definition) is 1. The number of nitrogens with zero attached hydrogens (tertiary/aromatic N) is 1. The van der Waals surface area contributed by atoms with Crippen molar-refractivity contribution in [1.29, 1.82) is 0 Å². The van der Waals surface area contributed by atoms with Crippen LogP contribution >= 0.6 is 0 Å². The van der Waals surface area contributed by atoms with Gasteiger partial charge in [-0.05, 0) is 87.5 Å². The molecule has 2 aromatic rings. The number of aromatic amines is 1. The molecule has 1 aromatic carbocycles. The molecule has 4 saturated carbocycles. The van der Waals surface area contributed by atoms with Crippen LogP contribution in [0.3, 0.4) is 0 Å². The van der Waals surface area contributed by atoms with Crippen LogP contribution in [0.2, 0.25) is 0 Å². The molecule has 152 valence electrons. The predicted octanol–water partition coefficient (Wildman–Crippen LogP) is 3.42. The van der Waals surface area contributed by atoms with Crippen LogP contribution < -0.4 is 5.69 Å². The molecule has 0 saturated heterocycles. The molecule has 0 unspecified atom stereocenters. The molecular formula is C23H26N2O4. The number of ketones is 1. The minimum absolute atomic E-state index is 0.107. The van der Waals surface area contributed by atoms with Crippen molar-refractivity contribution in [3.8, 4) is 5.69 Å². The summed E-state index contributed by atoms with van der Waals surface area (Å²) in [7, 11) is 0. The van der Waals surface area contributed by atoms with Gasteiger partial charge in [0.05, 0.1) is 11.3 Å². The molecule has 6 heteroatoms. The van der Waals surface area contributed by atoms with E-state index in [-0.39, 0.29) is 23.5 Å². The lowest BCUT2D eigenvalue weighted by Crippen LogP contribution is -2.51. The number of esters is 1. The van der Waals surface area contributed by atoms with Crippen molar-refractivity contribution in [2.24, 2.45) is 23.2 Å². The molecule has 1 aromatic heterocycles. The van der Waals surface area contributed by atoms with Crippen LogP contribution in [0.5, 0.6) is 0 Å². The smallest absolute Gasteiger partial charge is 0.338 e. The van der Waals surface area contributed by atoms with Gasteiger partial charge < -0.3 is 9.72 Å². The van der Waals surface area contributed by atoms with Gasteiger partial charge in [-0.3, -0.25) is 9.36 Å². The van der Waals surface area contributed by atoms with E-state index in [0.29, 0.717) is 29.0 Å². The highest BCUT2D eigenvalue weighted by Gasteiger charge is 2.54. The monoisotopic (exact) mass is 394 g/mol. The van der Waals surface area contributed by atoms with E-state index in [2.05, 4.69) is 4.98 Å². The van der Waals surface area contributed by atoms with Gasteiger partial charge >= 0.3 is 11.7 Å². The van der Waals surface area contributed by atoms with E-state index < -0.39 is 5.97 Å². The normalized spacial score (nSPS) is 29.8. The minimum Gasteiger partial charge on any atom is -0.454 e. The zero-order valence-electron chi connectivity index (χ0n) is 16.6. The Morgan fingerprint density at radius 2 is 1.66 bits per heavy atom. The summed E-state index contributed by atoms with van der Waals surface area (Å²) in [5.41, 5.74) is 1.38. The van der Waals surface area contributed by atoms with Crippen LogP contribution in [0.1, 0.15) is 54.6 Å². The lowest BCUT2D eigenvalue weighted by molar-refractivity contribution is -0.147. The van der Waals surface area contributed by atoms with E-state index in [9.17, 15) is 14.4 Å². The van der Waals surface area contributed by atoms with Crippen molar-refractivity contribution in [3.05, 3.63) is 52.2 Å². The van der Waals surface area contributed by atoms with Gasteiger partial charge in [-0.25, -0.2) is 9.59 Å². The maximum atomic E-state index is 13.0. The molecule has 1 heterocycles. The van der Waals surface area contributed by atoms with Gasteiger partial charge in [0.2, 0.25) is 0 Å². The number of aryl methyl sites for hydroxylation is 1. The number of benzene rings is 1. The van der Waals surface area contributed by atoms with Crippen molar-refractivity contribution in [2.75, 3.05) is 6.61 Å². The molecule has 6 rings (SSSR count). The Balaban J connectivity index is 1.24. The van der Waals surface area contributed by atoms with Gasteiger partial charge in [0, 0.05) is 17.3 Å². The van der Waals surface area contributed by atoms with Crippen molar-refractivity contribution < 1.29 is 14.3 Å². The van der Waals surface area contributed by atoms with Gasteiger partial charge in [-0.2, -0.15) is 0 Å². The summed E-state index contributed by atoms with van der Waals surface area (Å²) in [6, 6.07) is 6.68. The van der Waals surface area contributed by atoms with E-state index in [1.807, 2.05) is 6.92 Å². The Morgan fingerprint density at radius 1 is 1.07 bits per heavy atom. The zero-order valence-corrected chi connectivity index (χ0v) is 16.6. The number of carbonyl (C=O) groups excluding carboxylic acids is 2. The predicted molar refractivity (Wildman–Crippen MR) is 107 cm³/mol. The lowest BCUT2D eigenvalue weighted by atomic mass is 9.48. The zero-order chi connectivity index (χ0) is 20.2. The second kappa shape index (κ2) is 6.71. The molecule has 0 aliphatic heterocycles. The first-order valence-electron chi connectivity index (χ1n) is 10.5. The Morgan fingerprint density at radius 3 is 2.17 bits per heavy atom. The third kappa shape index (κ3) is 3.15. The van der Waals surface area contributed by atoms with E-state index >= 15 is 0 Å². The van der Waals surface area contributed by atoms with Gasteiger partial charge in [0.25, 0.3) is 0 Å².